The van der Waals surface area contributed by atoms with Gasteiger partial charge in [0.25, 0.3) is 5.91 Å². The highest BCUT2D eigenvalue weighted by molar-refractivity contribution is 7.90. The number of nitrogens with zero attached hydrogens (tertiary/aromatic N) is 1. The van der Waals surface area contributed by atoms with Crippen LogP contribution in [0.5, 0.6) is 11.5 Å². The van der Waals surface area contributed by atoms with E-state index in [1.165, 1.54) is 23.5 Å². The Bertz CT molecular complexity index is 1370. The molecule has 0 aliphatic carbocycles. The van der Waals surface area contributed by atoms with Crippen molar-refractivity contribution in [1.82, 2.24) is 4.98 Å². The number of sulfone groups is 1. The number of fused-ring (bicyclic) bond motifs is 1. The van der Waals surface area contributed by atoms with E-state index in [1.807, 2.05) is 31.4 Å². The van der Waals surface area contributed by atoms with Crippen molar-refractivity contribution in [1.29, 1.82) is 0 Å². The van der Waals surface area contributed by atoms with Crippen molar-refractivity contribution in [3.63, 3.8) is 0 Å². The van der Waals surface area contributed by atoms with E-state index in [4.69, 9.17) is 4.74 Å². The zero-order valence-electron chi connectivity index (χ0n) is 17.2. The molecular weight excluding hydrogens is 432 g/mol. The molecule has 0 saturated heterocycles. The average molecular weight is 453 g/mol. The van der Waals surface area contributed by atoms with Gasteiger partial charge in [0.15, 0.2) is 9.84 Å². The SMILES string of the molecule is Cc1ccc(NC(=O)c2cc(Oc3ccc(S(C)(=O)=O)cc3)c3c(C)csc3c2)nc1. The normalized spacial score (nSPS) is 11.5. The Hall–Kier alpha value is -3.23. The van der Waals surface area contributed by atoms with Crippen molar-refractivity contribution >= 4 is 43.0 Å². The summed E-state index contributed by atoms with van der Waals surface area (Å²) in [7, 11) is -3.29. The molecule has 0 radical (unpaired) electrons. The Morgan fingerprint density at radius 3 is 2.45 bits per heavy atom. The quantitative estimate of drug-likeness (QED) is 0.440. The zero-order chi connectivity index (χ0) is 22.2. The Morgan fingerprint density at radius 1 is 1.06 bits per heavy atom. The summed E-state index contributed by atoms with van der Waals surface area (Å²) in [5, 5.41) is 5.73. The second-order valence-electron chi connectivity index (χ2n) is 7.29. The third-order valence-corrected chi connectivity index (χ3v) is 6.89. The molecule has 2 heterocycles. The summed E-state index contributed by atoms with van der Waals surface area (Å²) in [5.41, 5.74) is 2.49. The summed E-state index contributed by atoms with van der Waals surface area (Å²) in [4.78, 5) is 17.3. The number of ether oxygens (including phenoxy) is 1. The van der Waals surface area contributed by atoms with Crippen molar-refractivity contribution in [2.75, 3.05) is 11.6 Å². The first-order chi connectivity index (χ1) is 14.7. The molecule has 0 fully saturated rings. The molecule has 0 saturated carbocycles. The van der Waals surface area contributed by atoms with Crippen LogP contribution in [0, 0.1) is 13.8 Å². The highest BCUT2D eigenvalue weighted by atomic mass is 32.2. The molecule has 0 bridgehead atoms. The molecule has 1 amide bonds. The van der Waals surface area contributed by atoms with E-state index in [1.54, 1.807) is 30.5 Å². The van der Waals surface area contributed by atoms with Crippen LogP contribution in [0.1, 0.15) is 21.5 Å². The number of rotatable bonds is 5. The van der Waals surface area contributed by atoms with E-state index < -0.39 is 9.84 Å². The van der Waals surface area contributed by atoms with Crippen LogP contribution in [0.3, 0.4) is 0 Å². The third kappa shape index (κ3) is 4.60. The second-order valence-corrected chi connectivity index (χ2v) is 10.2. The molecule has 0 atom stereocenters. The highest BCUT2D eigenvalue weighted by Crippen LogP contribution is 2.37. The molecule has 0 unspecified atom stereocenters. The first kappa shape index (κ1) is 21.0. The van der Waals surface area contributed by atoms with Crippen LogP contribution >= 0.6 is 11.3 Å². The van der Waals surface area contributed by atoms with Gasteiger partial charge >= 0.3 is 0 Å². The number of benzene rings is 2. The third-order valence-electron chi connectivity index (χ3n) is 4.72. The summed E-state index contributed by atoms with van der Waals surface area (Å²) < 4.78 is 30.4. The number of carbonyl (C=O) groups is 1. The Kier molecular flexibility index (Phi) is 5.51. The fourth-order valence-corrected chi connectivity index (χ4v) is 4.73. The largest absolute Gasteiger partial charge is 0.457 e. The fourth-order valence-electron chi connectivity index (χ4n) is 3.11. The maximum Gasteiger partial charge on any atom is 0.257 e. The van der Waals surface area contributed by atoms with Gasteiger partial charge in [0.1, 0.15) is 17.3 Å². The van der Waals surface area contributed by atoms with Crippen molar-refractivity contribution in [3.8, 4) is 11.5 Å². The van der Waals surface area contributed by atoms with Gasteiger partial charge in [-0.1, -0.05) is 6.07 Å². The summed E-state index contributed by atoms with van der Waals surface area (Å²) in [5.74, 6) is 1.20. The van der Waals surface area contributed by atoms with Gasteiger partial charge in [-0.05, 0) is 72.8 Å². The fraction of sp³-hybridized carbons (Fsp3) is 0.130. The van der Waals surface area contributed by atoms with Crippen LogP contribution in [-0.4, -0.2) is 25.6 Å². The van der Waals surface area contributed by atoms with Gasteiger partial charge in [0.05, 0.1) is 4.90 Å². The number of aryl methyl sites for hydroxylation is 2. The topological polar surface area (TPSA) is 85.4 Å². The van der Waals surface area contributed by atoms with Crippen molar-refractivity contribution in [3.05, 3.63) is 76.8 Å². The molecule has 8 heteroatoms. The predicted molar refractivity (Wildman–Crippen MR) is 123 cm³/mol. The molecule has 2 aromatic heterocycles. The van der Waals surface area contributed by atoms with Crippen LogP contribution < -0.4 is 10.1 Å². The van der Waals surface area contributed by atoms with Gasteiger partial charge in [-0.25, -0.2) is 13.4 Å². The number of aromatic nitrogens is 1. The lowest BCUT2D eigenvalue weighted by atomic mass is 10.1. The number of pyridine rings is 1. The van der Waals surface area contributed by atoms with Crippen molar-refractivity contribution in [2.45, 2.75) is 18.7 Å². The number of hydrogen-bond donors (Lipinski definition) is 1. The van der Waals surface area contributed by atoms with E-state index in [0.29, 0.717) is 22.9 Å². The molecule has 2 aromatic carbocycles. The minimum atomic E-state index is -3.29. The smallest absolute Gasteiger partial charge is 0.257 e. The molecule has 6 nitrogen and oxygen atoms in total. The van der Waals surface area contributed by atoms with Gasteiger partial charge in [-0.3, -0.25) is 4.79 Å². The molecule has 1 N–H and O–H groups in total. The maximum atomic E-state index is 12.8. The number of anilines is 1. The number of amides is 1. The lowest BCUT2D eigenvalue weighted by Crippen LogP contribution is -2.13. The molecule has 4 rings (SSSR count). The highest BCUT2D eigenvalue weighted by Gasteiger charge is 2.16. The summed E-state index contributed by atoms with van der Waals surface area (Å²) in [6.45, 7) is 3.91. The van der Waals surface area contributed by atoms with Crippen LogP contribution in [-0.2, 0) is 9.84 Å². The molecule has 0 spiro atoms. The van der Waals surface area contributed by atoms with Gasteiger partial charge in [0.2, 0.25) is 0 Å². The van der Waals surface area contributed by atoms with E-state index in [0.717, 1.165) is 27.5 Å². The van der Waals surface area contributed by atoms with Crippen LogP contribution in [0.4, 0.5) is 5.82 Å². The monoisotopic (exact) mass is 452 g/mol. The molecular formula is C23H20N2O4S2. The average Bonchev–Trinajstić information content (AvgIpc) is 3.10. The summed E-state index contributed by atoms with van der Waals surface area (Å²) in [6, 6.07) is 13.4. The number of hydrogen-bond acceptors (Lipinski definition) is 6. The number of nitrogens with one attached hydrogen (secondary N) is 1. The molecule has 31 heavy (non-hydrogen) atoms. The number of thiophene rings is 1. The molecule has 158 valence electrons. The van der Waals surface area contributed by atoms with Gasteiger partial charge in [-0.15, -0.1) is 11.3 Å². The van der Waals surface area contributed by atoms with Crippen LogP contribution in [0.2, 0.25) is 0 Å². The standard InChI is InChI=1S/C23H20N2O4S2/c1-14-4-9-21(24-12-14)25-23(26)16-10-19(22-15(2)13-30-20(22)11-16)29-17-5-7-18(8-6-17)31(3,27)28/h4-13H,1-3H3,(H,24,25,26). The lowest BCUT2D eigenvalue weighted by molar-refractivity contribution is 0.102. The summed E-state index contributed by atoms with van der Waals surface area (Å²) >= 11 is 1.53. The minimum absolute atomic E-state index is 0.218. The molecule has 0 aliphatic rings. The zero-order valence-corrected chi connectivity index (χ0v) is 18.8. The Balaban J connectivity index is 1.68. The number of carbonyl (C=O) groups excluding carboxylic acids is 1. The maximum absolute atomic E-state index is 12.8. The molecule has 0 aliphatic heterocycles. The van der Waals surface area contributed by atoms with E-state index in [9.17, 15) is 13.2 Å². The van der Waals surface area contributed by atoms with Gasteiger partial charge in [0, 0.05) is 28.1 Å². The van der Waals surface area contributed by atoms with Gasteiger partial charge < -0.3 is 10.1 Å². The van der Waals surface area contributed by atoms with Crippen LogP contribution in [0.25, 0.3) is 10.1 Å². The first-order valence-electron chi connectivity index (χ1n) is 9.44. The van der Waals surface area contributed by atoms with Crippen molar-refractivity contribution in [2.24, 2.45) is 0 Å². The van der Waals surface area contributed by atoms with Gasteiger partial charge in [-0.2, -0.15) is 0 Å². The predicted octanol–water partition coefficient (Wildman–Crippen LogP) is 5.36. The lowest BCUT2D eigenvalue weighted by Gasteiger charge is -2.11. The van der Waals surface area contributed by atoms with Crippen molar-refractivity contribution < 1.29 is 17.9 Å². The second kappa shape index (κ2) is 8.13. The Labute approximate surface area is 184 Å². The minimum Gasteiger partial charge on any atom is -0.457 e. The van der Waals surface area contributed by atoms with E-state index in [2.05, 4.69) is 10.3 Å². The summed E-state index contributed by atoms with van der Waals surface area (Å²) in [6.07, 6.45) is 2.85. The van der Waals surface area contributed by atoms with E-state index in [-0.39, 0.29) is 10.8 Å². The van der Waals surface area contributed by atoms with Crippen LogP contribution in [0.15, 0.2) is 65.0 Å². The molecule has 4 aromatic rings. The first-order valence-corrected chi connectivity index (χ1v) is 12.2. The van der Waals surface area contributed by atoms with E-state index >= 15 is 0 Å². The Morgan fingerprint density at radius 2 is 1.81 bits per heavy atom.